The van der Waals surface area contributed by atoms with E-state index in [1.807, 2.05) is 39.8 Å². The molecule has 1 aromatic rings. The molecule has 0 bridgehead atoms. The third-order valence-electron chi connectivity index (χ3n) is 7.00. The Hall–Kier alpha value is -0.600. The number of hydrogen-bond donors (Lipinski definition) is 1. The Morgan fingerprint density at radius 3 is 2.42 bits per heavy atom. The number of hydrogen-bond acceptors (Lipinski definition) is 5. The van der Waals surface area contributed by atoms with Crippen LogP contribution in [0.4, 0.5) is 0 Å². The lowest BCUT2D eigenvalue weighted by Crippen LogP contribution is -2.65. The number of rotatable bonds is 5. The van der Waals surface area contributed by atoms with Crippen molar-refractivity contribution in [1.29, 1.82) is 0 Å². The minimum Gasteiger partial charge on any atom is -0.598 e. The Bertz CT molecular complexity index is 814. The van der Waals surface area contributed by atoms with E-state index in [0.717, 1.165) is 34.9 Å². The molecule has 1 fully saturated rings. The van der Waals surface area contributed by atoms with Crippen LogP contribution in [0, 0.1) is 17.3 Å². The van der Waals surface area contributed by atoms with Crippen molar-refractivity contribution in [2.24, 2.45) is 17.3 Å². The second-order valence-electron chi connectivity index (χ2n) is 10.3. The van der Waals surface area contributed by atoms with Gasteiger partial charge in [-0.05, 0) is 82.1 Å². The topological polar surface area (TPSA) is 70.6 Å². The molecule has 174 valence electrons. The fourth-order valence-electron chi connectivity index (χ4n) is 5.92. The van der Waals surface area contributed by atoms with Gasteiger partial charge in [0.05, 0.1) is 12.7 Å². The molecule has 0 aliphatic heterocycles. The summed E-state index contributed by atoms with van der Waals surface area (Å²) in [4.78, 5) is 13.9. The summed E-state index contributed by atoms with van der Waals surface area (Å²) in [5, 5.41) is 0. The third kappa shape index (κ3) is 4.21. The van der Waals surface area contributed by atoms with E-state index in [9.17, 15) is 9.35 Å². The van der Waals surface area contributed by atoms with Crippen LogP contribution >= 0.6 is 15.9 Å². The van der Waals surface area contributed by atoms with Crippen LogP contribution in [0.2, 0.25) is 0 Å². The highest BCUT2D eigenvalue weighted by Gasteiger charge is 2.68. The SMILES string of the molecule is CCOC(=O)[C@]1(N[S+]([O-])C(C)(C)C)c2cc(Br)ccc2C[C@@]12C[C@@H](C)[C@H](OC)[C@@H](C)C2. The predicted molar refractivity (Wildman–Crippen MR) is 128 cm³/mol. The number of fused-ring (bicyclic) bond motifs is 1. The molecule has 3 rings (SSSR count). The lowest BCUT2D eigenvalue weighted by atomic mass is 9.56. The van der Waals surface area contributed by atoms with Crippen LogP contribution in [0.1, 0.15) is 65.5 Å². The standard InChI is InChI=1S/C24H36BrNO4S/c1-8-30-21(27)24(26-31(28)22(4,5)6)19-11-18(25)10-9-17(19)14-23(24)12-15(2)20(29-7)16(3)13-23/h9-11,15-16,20,26H,8,12-14H2,1-7H3/t15-,16+,20+,23+,24-,31?/m1/s1. The van der Waals surface area contributed by atoms with Gasteiger partial charge in [0.1, 0.15) is 4.75 Å². The minimum absolute atomic E-state index is 0.133. The second kappa shape index (κ2) is 8.98. The first-order valence-electron chi connectivity index (χ1n) is 11.1. The molecule has 2 aliphatic carbocycles. The van der Waals surface area contributed by atoms with Gasteiger partial charge in [0.25, 0.3) is 0 Å². The molecule has 5 nitrogen and oxygen atoms in total. The summed E-state index contributed by atoms with van der Waals surface area (Å²) in [5.41, 5.74) is 0.372. The van der Waals surface area contributed by atoms with Crippen molar-refractivity contribution in [1.82, 2.24) is 4.72 Å². The van der Waals surface area contributed by atoms with Gasteiger partial charge in [0.15, 0.2) is 5.54 Å². The highest BCUT2D eigenvalue weighted by Crippen LogP contribution is 2.61. The van der Waals surface area contributed by atoms with Gasteiger partial charge < -0.3 is 14.0 Å². The molecule has 1 aromatic carbocycles. The number of methoxy groups -OCH3 is 1. The van der Waals surface area contributed by atoms with Gasteiger partial charge in [-0.1, -0.05) is 35.8 Å². The van der Waals surface area contributed by atoms with E-state index < -0.39 is 27.1 Å². The first kappa shape index (κ1) is 25.0. The van der Waals surface area contributed by atoms with Crippen molar-refractivity contribution >= 4 is 33.3 Å². The maximum absolute atomic E-state index is 13.9. The van der Waals surface area contributed by atoms with Crippen LogP contribution in [0.25, 0.3) is 0 Å². The number of nitrogens with one attached hydrogen (secondary N) is 1. The van der Waals surface area contributed by atoms with Crippen LogP contribution in [0.5, 0.6) is 0 Å². The van der Waals surface area contributed by atoms with Gasteiger partial charge in [-0.2, -0.15) is 0 Å². The number of carbonyl (C=O) groups excluding carboxylic acids is 1. The van der Waals surface area contributed by atoms with E-state index in [1.165, 1.54) is 0 Å². The molecule has 0 saturated heterocycles. The van der Waals surface area contributed by atoms with Gasteiger partial charge in [-0.3, -0.25) is 0 Å². The lowest BCUT2D eigenvalue weighted by Gasteiger charge is -2.52. The molecule has 0 amide bonds. The van der Waals surface area contributed by atoms with Crippen molar-refractivity contribution in [3.63, 3.8) is 0 Å². The monoisotopic (exact) mass is 513 g/mol. The number of carbonyl (C=O) groups is 1. The third-order valence-corrected chi connectivity index (χ3v) is 9.10. The summed E-state index contributed by atoms with van der Waals surface area (Å²) in [5.74, 6) is 0.176. The quantitative estimate of drug-likeness (QED) is 0.448. The zero-order valence-electron chi connectivity index (χ0n) is 19.7. The van der Waals surface area contributed by atoms with Gasteiger partial charge in [-0.15, -0.1) is 4.72 Å². The van der Waals surface area contributed by atoms with Gasteiger partial charge in [0.2, 0.25) is 0 Å². The summed E-state index contributed by atoms with van der Waals surface area (Å²) in [6.45, 7) is 12.3. The molecule has 1 spiro atoms. The average molecular weight is 515 g/mol. The highest BCUT2D eigenvalue weighted by atomic mass is 79.9. The summed E-state index contributed by atoms with van der Waals surface area (Å²) in [6, 6.07) is 6.11. The molecule has 7 heteroatoms. The van der Waals surface area contributed by atoms with Crippen molar-refractivity contribution in [3.8, 4) is 0 Å². The summed E-state index contributed by atoms with van der Waals surface area (Å²) < 4.78 is 28.8. The van der Waals surface area contributed by atoms with Crippen molar-refractivity contribution in [2.45, 2.75) is 77.2 Å². The molecule has 0 radical (unpaired) electrons. The van der Waals surface area contributed by atoms with E-state index in [2.05, 4.69) is 40.6 Å². The Kier molecular flexibility index (Phi) is 7.25. The molecule has 1 saturated carbocycles. The van der Waals surface area contributed by atoms with E-state index >= 15 is 0 Å². The van der Waals surface area contributed by atoms with Crippen LogP contribution in [0.3, 0.4) is 0 Å². The van der Waals surface area contributed by atoms with Gasteiger partial charge in [0, 0.05) is 28.4 Å². The highest BCUT2D eigenvalue weighted by molar-refractivity contribution is 9.10. The van der Waals surface area contributed by atoms with Crippen molar-refractivity contribution < 1.29 is 18.8 Å². The largest absolute Gasteiger partial charge is 0.598 e. The zero-order chi connectivity index (χ0) is 23.2. The maximum Gasteiger partial charge on any atom is 0.336 e. The smallest absolute Gasteiger partial charge is 0.336 e. The van der Waals surface area contributed by atoms with Crippen LogP contribution in [-0.2, 0) is 37.6 Å². The van der Waals surface area contributed by atoms with Gasteiger partial charge in [-0.25, -0.2) is 4.79 Å². The molecule has 0 aromatic heterocycles. The van der Waals surface area contributed by atoms with E-state index in [1.54, 1.807) is 7.11 Å². The predicted octanol–water partition coefficient (Wildman–Crippen LogP) is 4.88. The molecular formula is C24H36BrNO4S. The van der Waals surface area contributed by atoms with E-state index in [4.69, 9.17) is 9.47 Å². The number of benzene rings is 1. The Balaban J connectivity index is 2.25. The van der Waals surface area contributed by atoms with Crippen molar-refractivity contribution in [2.75, 3.05) is 13.7 Å². The van der Waals surface area contributed by atoms with E-state index in [0.29, 0.717) is 0 Å². The fraction of sp³-hybridized carbons (Fsp3) is 0.708. The van der Waals surface area contributed by atoms with Gasteiger partial charge >= 0.3 is 5.97 Å². The number of ether oxygens (including phenoxy) is 2. The zero-order valence-corrected chi connectivity index (χ0v) is 22.1. The normalized spacial score (nSPS) is 33.9. The summed E-state index contributed by atoms with van der Waals surface area (Å²) in [7, 11) is 1.77. The number of esters is 1. The molecule has 0 heterocycles. The molecule has 6 atom stereocenters. The Morgan fingerprint density at radius 2 is 1.90 bits per heavy atom. The molecule has 1 N–H and O–H groups in total. The minimum atomic E-state index is -1.46. The lowest BCUT2D eigenvalue weighted by molar-refractivity contribution is -0.163. The van der Waals surface area contributed by atoms with E-state index in [-0.39, 0.29) is 30.5 Å². The fourth-order valence-corrected chi connectivity index (χ4v) is 7.28. The first-order valence-corrected chi connectivity index (χ1v) is 13.0. The van der Waals surface area contributed by atoms with Crippen LogP contribution in [0.15, 0.2) is 22.7 Å². The second-order valence-corrected chi connectivity index (χ2v) is 13.2. The molecule has 31 heavy (non-hydrogen) atoms. The first-order chi connectivity index (χ1) is 14.4. The maximum atomic E-state index is 13.9. The molecule has 2 aliphatic rings. The molecule has 1 unspecified atom stereocenters. The molecular weight excluding hydrogens is 478 g/mol. The van der Waals surface area contributed by atoms with Crippen LogP contribution < -0.4 is 4.72 Å². The summed E-state index contributed by atoms with van der Waals surface area (Å²) >= 11 is 2.13. The Labute approximate surface area is 198 Å². The Morgan fingerprint density at radius 1 is 1.29 bits per heavy atom. The average Bonchev–Trinajstić information content (AvgIpc) is 2.90. The van der Waals surface area contributed by atoms with Crippen molar-refractivity contribution in [3.05, 3.63) is 33.8 Å². The number of halogens is 1. The van der Waals surface area contributed by atoms with Crippen LogP contribution in [-0.4, -0.2) is 35.1 Å². The summed E-state index contributed by atoms with van der Waals surface area (Å²) in [6.07, 6.45) is 2.45.